The molecule has 5 rings (SSSR count). The molecule has 1 unspecified atom stereocenters. The minimum atomic E-state index is -4.77. The van der Waals surface area contributed by atoms with Gasteiger partial charge >= 0.3 is 13.8 Å². The molecule has 2 heterocycles. The molecule has 1 aromatic carbocycles. The highest BCUT2D eigenvalue weighted by atomic mass is 31.2. The molecule has 4 atom stereocenters. The Morgan fingerprint density at radius 2 is 2.00 bits per heavy atom. The third kappa shape index (κ3) is 7.05. The number of anilines is 3. The number of phosphoric acid groups is 1. The maximum absolute atomic E-state index is 12.8. The zero-order valence-electron chi connectivity index (χ0n) is 23.9. The summed E-state index contributed by atoms with van der Waals surface area (Å²) in [4.78, 5) is 41.6. The number of rotatable bonds is 12. The van der Waals surface area contributed by atoms with E-state index in [1.807, 2.05) is 16.7 Å². The van der Waals surface area contributed by atoms with E-state index >= 15 is 0 Å². The summed E-state index contributed by atoms with van der Waals surface area (Å²) in [5.41, 5.74) is 8.09. The number of carbonyl (C=O) groups excluding carboxylic acids is 1. The molecule has 16 heteroatoms. The molecule has 228 valence electrons. The normalized spacial score (nSPS) is 19.4. The van der Waals surface area contributed by atoms with Gasteiger partial charge in [-0.3, -0.25) is 14.3 Å². The van der Waals surface area contributed by atoms with Crippen molar-refractivity contribution >= 4 is 48.5 Å². The van der Waals surface area contributed by atoms with Crippen molar-refractivity contribution in [3.8, 4) is 12.1 Å². The van der Waals surface area contributed by atoms with Gasteiger partial charge in [-0.05, 0) is 50.0 Å². The summed E-state index contributed by atoms with van der Waals surface area (Å²) in [7, 11) is -3.44. The molecule has 0 radical (unpaired) electrons. The number of nitrogens with two attached hydrogens (primary N) is 1. The van der Waals surface area contributed by atoms with Crippen molar-refractivity contribution in [2.45, 2.75) is 44.3 Å². The summed E-state index contributed by atoms with van der Waals surface area (Å²) < 4.78 is 24.6. The van der Waals surface area contributed by atoms with Crippen LogP contribution in [0.1, 0.15) is 37.8 Å². The molecule has 4 N–H and O–H groups in total. The lowest BCUT2D eigenvalue weighted by atomic mass is 10.1. The van der Waals surface area contributed by atoms with Crippen LogP contribution in [0.25, 0.3) is 17.2 Å². The van der Waals surface area contributed by atoms with E-state index in [-0.39, 0.29) is 30.1 Å². The predicted molar refractivity (Wildman–Crippen MR) is 159 cm³/mol. The van der Waals surface area contributed by atoms with E-state index in [2.05, 4.69) is 20.3 Å². The molecule has 0 spiro atoms. The number of phosphoric ester groups is 1. The summed E-state index contributed by atoms with van der Waals surface area (Å²) in [6, 6.07) is 9.07. The molecule has 2 aliphatic carbocycles. The summed E-state index contributed by atoms with van der Waals surface area (Å²) in [6.45, 7) is 1.27. The molecule has 2 aliphatic rings. The molecule has 1 saturated carbocycles. The number of hydrogen-bond acceptors (Lipinski definition) is 13. The molecule has 3 aromatic rings. The number of hydrogen-bond donors (Lipinski definition) is 3. The van der Waals surface area contributed by atoms with Crippen LogP contribution in [0.15, 0.2) is 48.3 Å². The quantitative estimate of drug-likeness (QED) is 0.114. The summed E-state index contributed by atoms with van der Waals surface area (Å²) in [5.74, 6) is -0.565. The van der Waals surface area contributed by atoms with Gasteiger partial charge < -0.3 is 20.1 Å². The molecule has 0 bridgehead atoms. The third-order valence-corrected chi connectivity index (χ3v) is 8.00. The van der Waals surface area contributed by atoms with E-state index in [1.54, 1.807) is 42.7 Å². The molecule has 0 amide bonds. The standard InChI is InChI=1S/C28H30N9O6P/c1-17(37(41-2)22-8-3-18(4-9-22)11-20(13-29)14-30)27(38)43-44(39,40)42-15-19-5-10-23(12-19)36-16-32-24-25(33-21-6-7-21)34-28(31)35-26(24)36/h3-5,8-11,16-17,19,21,23H,6-7,12,15H2,1-2H3,(H,39,40)(H3,31,33,34,35)/t17-,19+,23-/m0/s1. The lowest BCUT2D eigenvalue weighted by Crippen LogP contribution is -2.39. The Bertz CT molecular complexity index is 1720. The SMILES string of the molecule is CON(c1ccc(C=C(C#N)C#N)cc1)[C@@H](C)C(=O)OP(=O)(O)OC[C@@H]1C=C[C@H](n2cnc3c(NC4CC4)nc(N)nc32)C1. The first kappa shape index (κ1) is 30.7. The van der Waals surface area contributed by atoms with Gasteiger partial charge in [0, 0.05) is 12.0 Å². The van der Waals surface area contributed by atoms with Crippen LogP contribution in [-0.4, -0.2) is 56.2 Å². The van der Waals surface area contributed by atoms with Gasteiger partial charge in [0.15, 0.2) is 23.0 Å². The van der Waals surface area contributed by atoms with Crippen molar-refractivity contribution in [1.29, 1.82) is 10.5 Å². The predicted octanol–water partition coefficient (Wildman–Crippen LogP) is 3.65. The third-order valence-electron chi connectivity index (χ3n) is 7.11. The summed E-state index contributed by atoms with van der Waals surface area (Å²) in [6.07, 6.45) is 9.51. The highest BCUT2D eigenvalue weighted by Gasteiger charge is 2.34. The minimum absolute atomic E-state index is 0.0640. The summed E-state index contributed by atoms with van der Waals surface area (Å²) in [5, 5.41) is 22.4. The number of aromatic nitrogens is 4. The molecule has 44 heavy (non-hydrogen) atoms. The van der Waals surface area contributed by atoms with Crippen molar-refractivity contribution in [3.63, 3.8) is 0 Å². The lowest BCUT2D eigenvalue weighted by molar-refractivity contribution is -0.139. The van der Waals surface area contributed by atoms with Crippen LogP contribution in [0.4, 0.5) is 17.5 Å². The highest BCUT2D eigenvalue weighted by molar-refractivity contribution is 7.48. The van der Waals surface area contributed by atoms with Gasteiger partial charge in [-0.25, -0.2) is 19.4 Å². The smallest absolute Gasteiger partial charge is 0.369 e. The zero-order chi connectivity index (χ0) is 31.4. The van der Waals surface area contributed by atoms with Crippen LogP contribution in [0, 0.1) is 28.6 Å². The Labute approximate surface area is 252 Å². The monoisotopic (exact) mass is 619 g/mol. The topological polar surface area (TPSA) is 215 Å². The number of nitriles is 2. The minimum Gasteiger partial charge on any atom is -0.369 e. The van der Waals surface area contributed by atoms with Gasteiger partial charge in [0.05, 0.1) is 31.8 Å². The maximum Gasteiger partial charge on any atom is 0.529 e. The number of nitrogen functional groups attached to an aromatic ring is 1. The van der Waals surface area contributed by atoms with Crippen molar-refractivity contribution in [1.82, 2.24) is 19.5 Å². The molecule has 0 aliphatic heterocycles. The number of hydroxylamine groups is 1. The Kier molecular flexibility index (Phi) is 8.94. The van der Waals surface area contributed by atoms with Crippen molar-refractivity contribution < 1.29 is 28.1 Å². The van der Waals surface area contributed by atoms with Gasteiger partial charge in [0.2, 0.25) is 5.95 Å². The second-order valence-electron chi connectivity index (χ2n) is 10.4. The lowest BCUT2D eigenvalue weighted by Gasteiger charge is -2.27. The van der Waals surface area contributed by atoms with E-state index in [0.717, 1.165) is 12.8 Å². The maximum atomic E-state index is 12.8. The average Bonchev–Trinajstić information content (AvgIpc) is 3.51. The van der Waals surface area contributed by atoms with E-state index in [4.69, 9.17) is 30.1 Å². The molecule has 15 nitrogen and oxygen atoms in total. The van der Waals surface area contributed by atoms with Gasteiger partial charge in [0.25, 0.3) is 0 Å². The Morgan fingerprint density at radius 3 is 2.66 bits per heavy atom. The van der Waals surface area contributed by atoms with Crippen LogP contribution >= 0.6 is 7.82 Å². The highest BCUT2D eigenvalue weighted by Crippen LogP contribution is 2.45. The fourth-order valence-corrected chi connectivity index (χ4v) is 5.56. The number of nitrogens with zero attached hydrogens (tertiary/aromatic N) is 7. The largest absolute Gasteiger partial charge is 0.529 e. The number of fused-ring (bicyclic) bond motifs is 1. The number of allylic oxidation sites excluding steroid dienone is 2. The Hall–Kier alpha value is -4.79. The van der Waals surface area contributed by atoms with Crippen molar-refractivity contribution in [2.24, 2.45) is 5.92 Å². The first-order chi connectivity index (χ1) is 21.1. The van der Waals surface area contributed by atoms with Gasteiger partial charge in [-0.2, -0.15) is 20.5 Å². The van der Waals surface area contributed by atoms with Gasteiger partial charge in [-0.1, -0.05) is 24.3 Å². The molecular formula is C28H30N9O6P. The fourth-order valence-electron chi connectivity index (χ4n) is 4.74. The average molecular weight is 620 g/mol. The van der Waals surface area contributed by atoms with Crippen LogP contribution in [-0.2, 0) is 23.2 Å². The Balaban J connectivity index is 1.16. The van der Waals surface area contributed by atoms with E-state index in [1.165, 1.54) is 25.2 Å². The van der Waals surface area contributed by atoms with E-state index in [0.29, 0.717) is 40.7 Å². The molecule has 0 saturated heterocycles. The first-order valence-electron chi connectivity index (χ1n) is 13.7. The molecule has 2 aromatic heterocycles. The van der Waals surface area contributed by atoms with Crippen LogP contribution in [0.3, 0.4) is 0 Å². The summed E-state index contributed by atoms with van der Waals surface area (Å²) >= 11 is 0. The number of benzene rings is 1. The Morgan fingerprint density at radius 1 is 1.27 bits per heavy atom. The molecule has 1 fully saturated rings. The van der Waals surface area contributed by atoms with Gasteiger partial charge in [-0.15, -0.1) is 0 Å². The fraction of sp³-hybridized carbons (Fsp3) is 0.357. The van der Waals surface area contributed by atoms with Crippen LogP contribution < -0.4 is 16.1 Å². The first-order valence-corrected chi connectivity index (χ1v) is 15.2. The zero-order valence-corrected chi connectivity index (χ0v) is 24.8. The van der Waals surface area contributed by atoms with Gasteiger partial charge in [0.1, 0.15) is 17.7 Å². The second kappa shape index (κ2) is 12.8. The van der Waals surface area contributed by atoms with Crippen molar-refractivity contribution in [2.75, 3.05) is 29.8 Å². The van der Waals surface area contributed by atoms with E-state index < -0.39 is 19.8 Å². The molecular weight excluding hydrogens is 589 g/mol. The number of nitrogens with one attached hydrogen (secondary N) is 1. The van der Waals surface area contributed by atoms with E-state index in [9.17, 15) is 14.3 Å². The number of imidazole rings is 1. The second-order valence-corrected chi connectivity index (χ2v) is 11.7. The number of carbonyl (C=O) groups is 1. The van der Waals surface area contributed by atoms with Crippen LogP contribution in [0.5, 0.6) is 0 Å². The van der Waals surface area contributed by atoms with Crippen molar-refractivity contribution in [3.05, 3.63) is 53.9 Å². The van der Waals surface area contributed by atoms with Crippen LogP contribution in [0.2, 0.25) is 0 Å².